The molecule has 0 aromatic heterocycles. The van der Waals surface area contributed by atoms with Crippen molar-refractivity contribution < 1.29 is 9.59 Å². The number of nitrogens with zero attached hydrogens (tertiary/aromatic N) is 2. The largest absolute Gasteiger partial charge is 0.336 e. The molecule has 5 heteroatoms. The average molecular weight is 269 g/mol. The second-order valence-electron chi connectivity index (χ2n) is 6.30. The lowest BCUT2D eigenvalue weighted by Crippen LogP contribution is -2.47. The summed E-state index contributed by atoms with van der Waals surface area (Å²) in [6.45, 7) is 9.51. The highest BCUT2D eigenvalue weighted by molar-refractivity contribution is 5.82. The van der Waals surface area contributed by atoms with Crippen molar-refractivity contribution in [3.8, 4) is 0 Å². The summed E-state index contributed by atoms with van der Waals surface area (Å²) in [6, 6.07) is -0.148. The number of nitrogens with one attached hydrogen (secondary N) is 1. The van der Waals surface area contributed by atoms with Crippen LogP contribution in [0.25, 0.3) is 0 Å². The Morgan fingerprint density at radius 3 is 2.58 bits per heavy atom. The highest BCUT2D eigenvalue weighted by Gasteiger charge is 2.36. The van der Waals surface area contributed by atoms with E-state index in [1.165, 1.54) is 0 Å². The Morgan fingerprint density at radius 2 is 2.11 bits per heavy atom. The van der Waals surface area contributed by atoms with Crippen molar-refractivity contribution in [3.63, 3.8) is 0 Å². The lowest BCUT2D eigenvalue weighted by Gasteiger charge is -2.32. The number of hydrogen-bond donors (Lipinski definition) is 1. The quantitative estimate of drug-likeness (QED) is 0.846. The summed E-state index contributed by atoms with van der Waals surface area (Å²) in [7, 11) is 1.79. The number of unbranched alkanes of at least 4 members (excludes halogenated alkanes) is 1. The van der Waals surface area contributed by atoms with Crippen LogP contribution >= 0.6 is 0 Å². The number of amides is 3. The molecule has 0 radical (unpaired) electrons. The molecule has 1 aliphatic heterocycles. The smallest absolute Gasteiger partial charge is 0.317 e. The number of likely N-dealkylation sites (tertiary alicyclic amines) is 1. The Labute approximate surface area is 116 Å². The van der Waals surface area contributed by atoms with E-state index in [-0.39, 0.29) is 23.5 Å². The van der Waals surface area contributed by atoms with Gasteiger partial charge in [0.2, 0.25) is 5.91 Å². The van der Waals surface area contributed by atoms with Crippen LogP contribution < -0.4 is 5.32 Å². The van der Waals surface area contributed by atoms with E-state index in [1.807, 2.05) is 25.7 Å². The van der Waals surface area contributed by atoms with Crippen molar-refractivity contribution in [2.24, 2.45) is 0 Å². The van der Waals surface area contributed by atoms with Gasteiger partial charge in [-0.05, 0) is 27.2 Å². The van der Waals surface area contributed by atoms with Gasteiger partial charge in [-0.2, -0.15) is 0 Å². The molecule has 1 saturated heterocycles. The Balaban J connectivity index is 2.47. The number of urea groups is 1. The van der Waals surface area contributed by atoms with Crippen molar-refractivity contribution in [2.45, 2.75) is 58.5 Å². The molecule has 1 heterocycles. The van der Waals surface area contributed by atoms with Gasteiger partial charge in [0, 0.05) is 32.1 Å². The fourth-order valence-corrected chi connectivity index (χ4v) is 2.23. The number of carbonyl (C=O) groups is 2. The van der Waals surface area contributed by atoms with Gasteiger partial charge in [0.05, 0.1) is 6.04 Å². The summed E-state index contributed by atoms with van der Waals surface area (Å²) >= 11 is 0. The first-order valence-electron chi connectivity index (χ1n) is 7.07. The molecule has 1 unspecified atom stereocenters. The van der Waals surface area contributed by atoms with Gasteiger partial charge in [0.1, 0.15) is 0 Å². The van der Waals surface area contributed by atoms with Crippen LogP contribution in [0.1, 0.15) is 47.0 Å². The van der Waals surface area contributed by atoms with Crippen LogP contribution in [0.4, 0.5) is 4.79 Å². The van der Waals surface area contributed by atoms with E-state index in [0.29, 0.717) is 13.0 Å². The van der Waals surface area contributed by atoms with Crippen molar-refractivity contribution in [3.05, 3.63) is 0 Å². The summed E-state index contributed by atoms with van der Waals surface area (Å²) < 4.78 is 0. The van der Waals surface area contributed by atoms with E-state index in [2.05, 4.69) is 12.2 Å². The van der Waals surface area contributed by atoms with E-state index in [9.17, 15) is 9.59 Å². The molecule has 1 aliphatic rings. The average Bonchev–Trinajstić information content (AvgIpc) is 2.66. The van der Waals surface area contributed by atoms with E-state index < -0.39 is 0 Å². The van der Waals surface area contributed by atoms with Gasteiger partial charge in [-0.3, -0.25) is 4.79 Å². The predicted molar refractivity (Wildman–Crippen MR) is 75.9 cm³/mol. The SMILES string of the molecule is CCCCN(C)C(=O)NC1CC(=O)N(C(C)(C)C)C1. The van der Waals surface area contributed by atoms with Crippen molar-refractivity contribution >= 4 is 11.9 Å². The molecule has 1 atom stereocenters. The second kappa shape index (κ2) is 6.26. The molecule has 1 rings (SSSR count). The van der Waals surface area contributed by atoms with Gasteiger partial charge < -0.3 is 15.1 Å². The van der Waals surface area contributed by atoms with Gasteiger partial charge >= 0.3 is 6.03 Å². The summed E-state index contributed by atoms with van der Waals surface area (Å²) in [6.07, 6.45) is 2.48. The van der Waals surface area contributed by atoms with Gasteiger partial charge in [-0.1, -0.05) is 13.3 Å². The molecular weight excluding hydrogens is 242 g/mol. The molecule has 19 heavy (non-hydrogen) atoms. The molecule has 1 N–H and O–H groups in total. The highest BCUT2D eigenvalue weighted by Crippen LogP contribution is 2.21. The monoisotopic (exact) mass is 269 g/mol. The molecule has 0 aromatic rings. The molecule has 0 saturated carbocycles. The summed E-state index contributed by atoms with van der Waals surface area (Å²) in [5.74, 6) is 0.119. The minimum absolute atomic E-state index is 0.0664. The highest BCUT2D eigenvalue weighted by atomic mass is 16.2. The maximum Gasteiger partial charge on any atom is 0.317 e. The molecule has 3 amide bonds. The fourth-order valence-electron chi connectivity index (χ4n) is 2.23. The normalized spacial score (nSPS) is 19.7. The number of hydrogen-bond acceptors (Lipinski definition) is 2. The minimum Gasteiger partial charge on any atom is -0.336 e. The lowest BCUT2D eigenvalue weighted by atomic mass is 10.1. The predicted octanol–water partition coefficient (Wildman–Crippen LogP) is 1.83. The van der Waals surface area contributed by atoms with E-state index in [4.69, 9.17) is 0 Å². The van der Waals surface area contributed by atoms with Crippen LogP contribution in [-0.4, -0.2) is 53.5 Å². The third-order valence-corrected chi connectivity index (χ3v) is 3.46. The first kappa shape index (κ1) is 15.8. The summed E-state index contributed by atoms with van der Waals surface area (Å²) in [4.78, 5) is 27.4. The van der Waals surface area contributed by atoms with Crippen molar-refractivity contribution in [1.82, 2.24) is 15.1 Å². The Hall–Kier alpha value is -1.26. The maximum atomic E-state index is 12.0. The van der Waals surface area contributed by atoms with Gasteiger partial charge in [0.15, 0.2) is 0 Å². The van der Waals surface area contributed by atoms with E-state index in [0.717, 1.165) is 19.4 Å². The van der Waals surface area contributed by atoms with Crippen LogP contribution in [-0.2, 0) is 4.79 Å². The van der Waals surface area contributed by atoms with Gasteiger partial charge in [-0.15, -0.1) is 0 Å². The van der Waals surface area contributed by atoms with Gasteiger partial charge in [-0.25, -0.2) is 4.79 Å². The Kier molecular flexibility index (Phi) is 5.20. The third-order valence-electron chi connectivity index (χ3n) is 3.46. The van der Waals surface area contributed by atoms with E-state index >= 15 is 0 Å². The molecule has 110 valence electrons. The Bertz CT molecular complexity index is 336. The van der Waals surface area contributed by atoms with Crippen LogP contribution in [0.5, 0.6) is 0 Å². The van der Waals surface area contributed by atoms with Crippen LogP contribution in [0.15, 0.2) is 0 Å². The molecule has 0 aromatic carbocycles. The zero-order valence-corrected chi connectivity index (χ0v) is 12.8. The Morgan fingerprint density at radius 1 is 1.47 bits per heavy atom. The second-order valence-corrected chi connectivity index (χ2v) is 6.30. The van der Waals surface area contributed by atoms with Crippen molar-refractivity contribution in [2.75, 3.05) is 20.1 Å². The first-order valence-corrected chi connectivity index (χ1v) is 7.07. The zero-order valence-electron chi connectivity index (χ0n) is 12.8. The molecular formula is C14H27N3O2. The molecule has 0 aliphatic carbocycles. The first-order chi connectivity index (χ1) is 8.75. The van der Waals surface area contributed by atoms with Gasteiger partial charge in [0.25, 0.3) is 0 Å². The number of rotatable bonds is 4. The molecule has 0 bridgehead atoms. The van der Waals surface area contributed by atoms with Crippen LogP contribution in [0, 0.1) is 0 Å². The molecule has 1 fully saturated rings. The lowest BCUT2D eigenvalue weighted by molar-refractivity contribution is -0.131. The minimum atomic E-state index is -0.176. The number of carbonyl (C=O) groups excluding carboxylic acids is 2. The third kappa shape index (κ3) is 4.40. The zero-order chi connectivity index (χ0) is 14.6. The standard InChI is InChI=1S/C14H27N3O2/c1-6-7-8-16(5)13(19)15-11-9-12(18)17(10-11)14(2,3)4/h11H,6-10H2,1-5H3,(H,15,19). The van der Waals surface area contributed by atoms with Crippen molar-refractivity contribution in [1.29, 1.82) is 0 Å². The molecule has 0 spiro atoms. The fraction of sp³-hybridized carbons (Fsp3) is 0.857. The van der Waals surface area contributed by atoms with E-state index in [1.54, 1.807) is 11.9 Å². The van der Waals surface area contributed by atoms with Crippen LogP contribution in [0.2, 0.25) is 0 Å². The van der Waals surface area contributed by atoms with Crippen LogP contribution in [0.3, 0.4) is 0 Å². The maximum absolute atomic E-state index is 12.0. The molecule has 5 nitrogen and oxygen atoms in total. The summed E-state index contributed by atoms with van der Waals surface area (Å²) in [5, 5.41) is 2.94. The topological polar surface area (TPSA) is 52.7 Å². The summed E-state index contributed by atoms with van der Waals surface area (Å²) in [5.41, 5.74) is -0.176.